The molecule has 9 heteroatoms. The van der Waals surface area contributed by atoms with Crippen LogP contribution in [0.4, 0.5) is 17.6 Å². The minimum Gasteiger partial charge on any atom is -0.481 e. The third-order valence-electron chi connectivity index (χ3n) is 6.51. The Balaban J connectivity index is 1.36. The Hall–Kier alpha value is -2.39. The Bertz CT molecular complexity index is 855. The normalized spacial score (nSPS) is 33.1. The van der Waals surface area contributed by atoms with E-state index in [0.29, 0.717) is 46.9 Å². The van der Waals surface area contributed by atoms with E-state index < -0.39 is 5.60 Å². The van der Waals surface area contributed by atoms with Crippen LogP contribution in [0.2, 0.25) is 0 Å². The predicted molar refractivity (Wildman–Crippen MR) is 102 cm³/mol. The molecule has 4 saturated carbocycles. The highest BCUT2D eigenvalue weighted by Crippen LogP contribution is 2.56. The Morgan fingerprint density at radius 1 is 1.18 bits per heavy atom. The number of aromatic amines is 1. The number of anilines is 3. The number of nitrogens with zero attached hydrogens (tertiary/aromatic N) is 3. The van der Waals surface area contributed by atoms with E-state index in [9.17, 15) is 10.2 Å². The molecule has 150 valence electrons. The van der Waals surface area contributed by atoms with E-state index in [0.717, 1.165) is 19.3 Å². The molecule has 4 aliphatic rings. The standard InChI is InChI=1S/C19H26N6O3/c1-28-16-5-14(20-15-4-13(9-26)24-25-15)21-18(22-16)23-17-11-2-10-3-12(17)8-19(27,6-10)7-11/h4-5,10-12,17,26-27H,2-3,6-9H2,1H3,(H3,20,21,22,23,24,25). The maximum atomic E-state index is 10.8. The van der Waals surface area contributed by atoms with Gasteiger partial charge < -0.3 is 25.6 Å². The zero-order valence-corrected chi connectivity index (χ0v) is 15.9. The molecular weight excluding hydrogens is 360 g/mol. The van der Waals surface area contributed by atoms with Gasteiger partial charge in [-0.05, 0) is 49.9 Å². The highest BCUT2D eigenvalue weighted by molar-refractivity contribution is 5.55. The molecule has 2 atom stereocenters. The summed E-state index contributed by atoms with van der Waals surface area (Å²) in [6.45, 7) is -0.105. The third kappa shape index (κ3) is 3.18. The first-order valence-corrected chi connectivity index (χ1v) is 9.88. The molecule has 0 saturated heterocycles. The van der Waals surface area contributed by atoms with Crippen molar-refractivity contribution in [3.05, 3.63) is 17.8 Å². The SMILES string of the molecule is COc1cc(Nc2cc(CO)[nH]n2)nc(NC2C3CC4CC2CC(O)(C4)C3)n1. The van der Waals surface area contributed by atoms with E-state index in [4.69, 9.17) is 4.74 Å². The summed E-state index contributed by atoms with van der Waals surface area (Å²) in [5.74, 6) is 3.68. The number of ether oxygens (including phenoxy) is 1. The fourth-order valence-corrected chi connectivity index (χ4v) is 5.66. The molecule has 0 amide bonds. The molecule has 9 nitrogen and oxygen atoms in total. The van der Waals surface area contributed by atoms with Gasteiger partial charge in [0.2, 0.25) is 11.8 Å². The second-order valence-corrected chi connectivity index (χ2v) is 8.55. The minimum atomic E-state index is -0.457. The molecule has 2 aromatic heterocycles. The molecule has 6 rings (SSSR count). The monoisotopic (exact) mass is 386 g/mol. The molecule has 0 radical (unpaired) electrons. The molecule has 2 heterocycles. The van der Waals surface area contributed by atoms with Crippen molar-refractivity contribution in [3.63, 3.8) is 0 Å². The van der Waals surface area contributed by atoms with Crippen molar-refractivity contribution in [3.8, 4) is 5.88 Å². The molecule has 28 heavy (non-hydrogen) atoms. The number of methoxy groups -OCH3 is 1. The highest BCUT2D eigenvalue weighted by Gasteiger charge is 2.54. The van der Waals surface area contributed by atoms with Crippen LogP contribution in [0.15, 0.2) is 12.1 Å². The molecule has 0 spiro atoms. The number of hydrogen-bond acceptors (Lipinski definition) is 8. The molecule has 4 aliphatic carbocycles. The number of aliphatic hydroxyl groups excluding tert-OH is 1. The van der Waals surface area contributed by atoms with Gasteiger partial charge in [-0.25, -0.2) is 0 Å². The number of aromatic nitrogens is 4. The number of nitrogens with one attached hydrogen (secondary N) is 3. The second kappa shape index (κ2) is 6.59. The first-order chi connectivity index (χ1) is 13.5. The summed E-state index contributed by atoms with van der Waals surface area (Å²) < 4.78 is 5.34. The number of rotatable bonds is 6. The number of aliphatic hydroxyl groups is 2. The van der Waals surface area contributed by atoms with E-state index >= 15 is 0 Å². The fraction of sp³-hybridized carbons (Fsp3) is 0.632. The molecule has 0 aliphatic heterocycles. The Kier molecular flexibility index (Phi) is 4.17. The quantitative estimate of drug-likeness (QED) is 0.508. The molecule has 0 aromatic carbocycles. The van der Waals surface area contributed by atoms with Crippen molar-refractivity contribution in [2.24, 2.45) is 17.8 Å². The van der Waals surface area contributed by atoms with Crippen LogP contribution in [0.5, 0.6) is 5.88 Å². The van der Waals surface area contributed by atoms with Crippen LogP contribution in [0.3, 0.4) is 0 Å². The van der Waals surface area contributed by atoms with Crippen molar-refractivity contribution in [2.45, 2.75) is 50.4 Å². The molecule has 2 aromatic rings. The third-order valence-corrected chi connectivity index (χ3v) is 6.51. The highest BCUT2D eigenvalue weighted by atomic mass is 16.5. The fourth-order valence-electron chi connectivity index (χ4n) is 5.66. The summed E-state index contributed by atoms with van der Waals surface area (Å²) in [7, 11) is 1.58. The molecular formula is C19H26N6O3. The van der Waals surface area contributed by atoms with Gasteiger partial charge in [-0.3, -0.25) is 5.10 Å². The van der Waals surface area contributed by atoms with Crippen molar-refractivity contribution in [2.75, 3.05) is 17.7 Å². The zero-order chi connectivity index (χ0) is 19.3. The maximum absolute atomic E-state index is 10.8. The summed E-state index contributed by atoms with van der Waals surface area (Å²) in [6.07, 6.45) is 5.04. The summed E-state index contributed by atoms with van der Waals surface area (Å²) in [5.41, 5.74) is 0.162. The lowest BCUT2D eigenvalue weighted by Crippen LogP contribution is -2.59. The topological polar surface area (TPSA) is 128 Å². The van der Waals surface area contributed by atoms with Crippen LogP contribution in [0.1, 0.15) is 37.8 Å². The lowest BCUT2D eigenvalue weighted by Gasteiger charge is -2.58. The van der Waals surface area contributed by atoms with Crippen LogP contribution in [-0.2, 0) is 6.61 Å². The Labute approximate surface area is 162 Å². The predicted octanol–water partition coefficient (Wildman–Crippen LogP) is 1.80. The van der Waals surface area contributed by atoms with Crippen LogP contribution >= 0.6 is 0 Å². The van der Waals surface area contributed by atoms with Crippen molar-refractivity contribution >= 4 is 17.6 Å². The summed E-state index contributed by atoms with van der Waals surface area (Å²) >= 11 is 0. The van der Waals surface area contributed by atoms with Crippen LogP contribution in [-0.4, -0.2) is 49.1 Å². The van der Waals surface area contributed by atoms with Crippen molar-refractivity contribution < 1.29 is 14.9 Å². The van der Waals surface area contributed by atoms with Crippen molar-refractivity contribution in [1.29, 1.82) is 0 Å². The minimum absolute atomic E-state index is 0.105. The average Bonchev–Trinajstić information content (AvgIpc) is 3.10. The second-order valence-electron chi connectivity index (χ2n) is 8.55. The van der Waals surface area contributed by atoms with Gasteiger partial charge in [0, 0.05) is 18.2 Å². The average molecular weight is 386 g/mol. The first kappa shape index (κ1) is 17.7. The lowest BCUT2D eigenvalue weighted by atomic mass is 9.52. The maximum Gasteiger partial charge on any atom is 0.228 e. The van der Waals surface area contributed by atoms with Crippen LogP contribution in [0, 0.1) is 17.8 Å². The molecule has 5 N–H and O–H groups in total. The summed E-state index contributed by atoms with van der Waals surface area (Å²) in [6, 6.07) is 3.71. The van der Waals surface area contributed by atoms with Gasteiger partial charge >= 0.3 is 0 Å². The number of H-pyrrole nitrogens is 1. The lowest BCUT2D eigenvalue weighted by molar-refractivity contribution is -0.129. The van der Waals surface area contributed by atoms with Gasteiger partial charge in [0.25, 0.3) is 0 Å². The van der Waals surface area contributed by atoms with Crippen LogP contribution in [0.25, 0.3) is 0 Å². The van der Waals surface area contributed by atoms with Gasteiger partial charge in [0.05, 0.1) is 25.0 Å². The largest absolute Gasteiger partial charge is 0.481 e. The summed E-state index contributed by atoms with van der Waals surface area (Å²) in [4.78, 5) is 9.06. The molecule has 4 fully saturated rings. The van der Waals surface area contributed by atoms with Crippen LogP contribution < -0.4 is 15.4 Å². The zero-order valence-electron chi connectivity index (χ0n) is 15.9. The smallest absolute Gasteiger partial charge is 0.228 e. The molecule has 4 bridgehead atoms. The first-order valence-electron chi connectivity index (χ1n) is 9.88. The van der Waals surface area contributed by atoms with Gasteiger partial charge in [-0.1, -0.05) is 0 Å². The van der Waals surface area contributed by atoms with E-state index in [2.05, 4.69) is 30.8 Å². The van der Waals surface area contributed by atoms with Crippen molar-refractivity contribution in [1.82, 2.24) is 20.2 Å². The van der Waals surface area contributed by atoms with E-state index in [1.807, 2.05) is 0 Å². The van der Waals surface area contributed by atoms with Gasteiger partial charge in [-0.2, -0.15) is 15.1 Å². The Morgan fingerprint density at radius 2 is 1.96 bits per heavy atom. The van der Waals surface area contributed by atoms with E-state index in [1.165, 1.54) is 12.8 Å². The van der Waals surface area contributed by atoms with Gasteiger partial charge in [0.15, 0.2) is 5.82 Å². The Morgan fingerprint density at radius 3 is 2.61 bits per heavy atom. The molecule has 2 unspecified atom stereocenters. The van der Waals surface area contributed by atoms with E-state index in [1.54, 1.807) is 19.2 Å². The summed E-state index contributed by atoms with van der Waals surface area (Å²) in [5, 5.41) is 33.5. The van der Waals surface area contributed by atoms with E-state index in [-0.39, 0.29) is 12.6 Å². The number of hydrogen-bond donors (Lipinski definition) is 5. The van der Waals surface area contributed by atoms with Gasteiger partial charge in [0.1, 0.15) is 5.82 Å². The van der Waals surface area contributed by atoms with Gasteiger partial charge in [-0.15, -0.1) is 0 Å².